The van der Waals surface area contributed by atoms with Crippen LogP contribution in [0.5, 0.6) is 11.5 Å². The molecular weight excluding hydrogens is 422 g/mol. The van der Waals surface area contributed by atoms with Gasteiger partial charge in [0, 0.05) is 12.0 Å². The van der Waals surface area contributed by atoms with E-state index >= 15 is 0 Å². The number of ketones is 1. The average molecular weight is 448 g/mol. The first-order chi connectivity index (χ1) is 14.8. The molecule has 3 rings (SSSR count). The summed E-state index contributed by atoms with van der Waals surface area (Å²) in [5.41, 5.74) is 0.308. The number of carbonyl (C=O) groups is 2. The van der Waals surface area contributed by atoms with Crippen LogP contribution in [0.1, 0.15) is 30.6 Å². The van der Waals surface area contributed by atoms with Gasteiger partial charge >= 0.3 is 5.97 Å². The van der Waals surface area contributed by atoms with E-state index in [1.807, 2.05) is 0 Å². The zero-order valence-electron chi connectivity index (χ0n) is 17.4. The third-order valence-electron chi connectivity index (χ3n) is 4.67. The fourth-order valence-electron chi connectivity index (χ4n) is 2.94. The van der Waals surface area contributed by atoms with E-state index in [2.05, 4.69) is 4.72 Å². The van der Waals surface area contributed by atoms with Gasteiger partial charge in [0.2, 0.25) is 10.0 Å². The van der Waals surface area contributed by atoms with Gasteiger partial charge in [-0.15, -0.1) is 0 Å². The predicted octanol–water partition coefficient (Wildman–Crippen LogP) is 2.58. The summed E-state index contributed by atoms with van der Waals surface area (Å²) in [5.74, 6) is -0.625. The van der Waals surface area contributed by atoms with Crippen molar-refractivity contribution < 1.29 is 32.2 Å². The first kappa shape index (κ1) is 22.8. The van der Waals surface area contributed by atoms with E-state index in [0.717, 1.165) is 6.42 Å². The lowest BCUT2D eigenvalue weighted by Gasteiger charge is -2.20. The summed E-state index contributed by atoms with van der Waals surface area (Å²) in [5, 5.41) is 0. The number of carbonyl (C=O) groups excluding carboxylic acids is 2. The Morgan fingerprint density at radius 3 is 2.39 bits per heavy atom. The third kappa shape index (κ3) is 5.83. The molecule has 1 aliphatic rings. The molecule has 0 spiro atoms. The van der Waals surface area contributed by atoms with Crippen LogP contribution in [-0.4, -0.2) is 46.0 Å². The Bertz CT molecular complexity index is 1040. The van der Waals surface area contributed by atoms with E-state index in [-0.39, 0.29) is 10.8 Å². The second kappa shape index (κ2) is 9.93. The van der Waals surface area contributed by atoms with Gasteiger partial charge in [-0.3, -0.25) is 9.59 Å². The van der Waals surface area contributed by atoms with Crippen LogP contribution >= 0.6 is 0 Å². The number of sulfonamides is 1. The summed E-state index contributed by atoms with van der Waals surface area (Å²) in [6.45, 7) is 3.87. The Morgan fingerprint density at radius 2 is 1.71 bits per heavy atom. The van der Waals surface area contributed by atoms with Crippen LogP contribution in [0.15, 0.2) is 53.4 Å². The fraction of sp³-hybridized carbons (Fsp3) is 0.364. The Balaban J connectivity index is 1.65. The van der Waals surface area contributed by atoms with Crippen molar-refractivity contribution in [2.75, 3.05) is 19.8 Å². The van der Waals surface area contributed by atoms with Gasteiger partial charge in [0.25, 0.3) is 0 Å². The summed E-state index contributed by atoms with van der Waals surface area (Å²) in [4.78, 5) is 25.1. The molecule has 0 aromatic heterocycles. The second-order valence-corrected chi connectivity index (χ2v) is 9.11. The molecule has 0 bridgehead atoms. The van der Waals surface area contributed by atoms with E-state index in [0.29, 0.717) is 30.3 Å². The van der Waals surface area contributed by atoms with Gasteiger partial charge in [-0.2, -0.15) is 4.72 Å². The molecule has 8 nitrogen and oxygen atoms in total. The van der Waals surface area contributed by atoms with Crippen LogP contribution in [-0.2, 0) is 19.6 Å². The highest BCUT2D eigenvalue weighted by atomic mass is 32.2. The standard InChI is InChI=1S/C22H25NO7S/c1-15(2)21(23-31(26,27)17-7-4-3-5-8-17)22(25)30-14-18(24)16-9-10-19-20(13-16)29-12-6-11-28-19/h3-5,7-10,13,15,21,23H,6,11-12,14H2,1-2H3/t21-/m0/s1. The summed E-state index contributed by atoms with van der Waals surface area (Å²) < 4.78 is 43.7. The minimum Gasteiger partial charge on any atom is -0.490 e. The number of fused-ring (bicyclic) bond motifs is 1. The van der Waals surface area contributed by atoms with E-state index in [4.69, 9.17) is 14.2 Å². The van der Waals surface area contributed by atoms with Gasteiger partial charge in [0.15, 0.2) is 23.9 Å². The summed E-state index contributed by atoms with van der Waals surface area (Å²) in [6, 6.07) is 11.4. The highest BCUT2D eigenvalue weighted by Gasteiger charge is 2.30. The molecule has 0 amide bonds. The maximum absolute atomic E-state index is 12.6. The van der Waals surface area contributed by atoms with Crippen molar-refractivity contribution in [3.63, 3.8) is 0 Å². The van der Waals surface area contributed by atoms with Gasteiger partial charge in [0.05, 0.1) is 18.1 Å². The van der Waals surface area contributed by atoms with Crippen molar-refractivity contribution in [1.82, 2.24) is 4.72 Å². The average Bonchev–Trinajstić information content (AvgIpc) is 3.01. The monoisotopic (exact) mass is 447 g/mol. The number of rotatable bonds is 8. The van der Waals surface area contributed by atoms with Gasteiger partial charge in [0.1, 0.15) is 6.04 Å². The predicted molar refractivity (Wildman–Crippen MR) is 113 cm³/mol. The van der Waals surface area contributed by atoms with Crippen LogP contribution in [0, 0.1) is 5.92 Å². The molecule has 2 aromatic rings. The van der Waals surface area contributed by atoms with Crippen molar-refractivity contribution in [2.24, 2.45) is 5.92 Å². The molecule has 31 heavy (non-hydrogen) atoms. The van der Waals surface area contributed by atoms with Crippen LogP contribution in [0.4, 0.5) is 0 Å². The molecule has 0 radical (unpaired) electrons. The maximum atomic E-state index is 12.6. The zero-order valence-corrected chi connectivity index (χ0v) is 18.2. The van der Waals surface area contributed by atoms with Crippen LogP contribution < -0.4 is 14.2 Å². The zero-order chi connectivity index (χ0) is 22.4. The van der Waals surface area contributed by atoms with E-state index in [1.54, 1.807) is 50.2 Å². The van der Waals surface area contributed by atoms with E-state index < -0.39 is 34.4 Å². The van der Waals surface area contributed by atoms with E-state index in [9.17, 15) is 18.0 Å². The number of Topliss-reactive ketones (excluding diaryl/α,β-unsaturated/α-hetero) is 1. The smallest absolute Gasteiger partial charge is 0.324 e. The normalized spacial score (nSPS) is 14.5. The molecular formula is C22H25NO7S. The molecule has 1 aliphatic heterocycles. The summed E-state index contributed by atoms with van der Waals surface area (Å²) >= 11 is 0. The first-order valence-electron chi connectivity index (χ1n) is 9.95. The Hall–Kier alpha value is -2.91. The SMILES string of the molecule is CC(C)[C@H](NS(=O)(=O)c1ccccc1)C(=O)OCC(=O)c1ccc2c(c1)OCCCO2. The number of hydrogen-bond donors (Lipinski definition) is 1. The molecule has 0 aliphatic carbocycles. The molecule has 2 aromatic carbocycles. The Morgan fingerprint density at radius 1 is 1.03 bits per heavy atom. The first-order valence-corrected chi connectivity index (χ1v) is 11.4. The van der Waals surface area contributed by atoms with Crippen LogP contribution in [0.25, 0.3) is 0 Å². The lowest BCUT2D eigenvalue weighted by Crippen LogP contribution is -2.45. The molecule has 166 valence electrons. The van der Waals surface area contributed by atoms with Gasteiger partial charge in [-0.1, -0.05) is 32.0 Å². The largest absolute Gasteiger partial charge is 0.490 e. The molecule has 9 heteroatoms. The second-order valence-electron chi connectivity index (χ2n) is 7.40. The van der Waals surface area contributed by atoms with Crippen molar-refractivity contribution in [2.45, 2.75) is 31.2 Å². The molecule has 0 saturated carbocycles. The molecule has 0 saturated heterocycles. The maximum Gasteiger partial charge on any atom is 0.324 e. The van der Waals surface area contributed by atoms with Crippen molar-refractivity contribution in [1.29, 1.82) is 0 Å². The van der Waals surface area contributed by atoms with Gasteiger partial charge < -0.3 is 14.2 Å². The van der Waals surface area contributed by atoms with Crippen LogP contribution in [0.3, 0.4) is 0 Å². The van der Waals surface area contributed by atoms with Crippen LogP contribution in [0.2, 0.25) is 0 Å². The number of nitrogens with one attached hydrogen (secondary N) is 1. The Labute approximate surface area is 181 Å². The van der Waals surface area contributed by atoms with Crippen molar-refractivity contribution >= 4 is 21.8 Å². The number of hydrogen-bond acceptors (Lipinski definition) is 7. The van der Waals surface area contributed by atoms with E-state index in [1.165, 1.54) is 12.1 Å². The Kier molecular flexibility index (Phi) is 7.29. The highest BCUT2D eigenvalue weighted by molar-refractivity contribution is 7.89. The quantitative estimate of drug-likeness (QED) is 0.489. The number of benzene rings is 2. The lowest BCUT2D eigenvalue weighted by molar-refractivity contribution is -0.145. The van der Waals surface area contributed by atoms with Gasteiger partial charge in [-0.25, -0.2) is 8.42 Å². The minimum absolute atomic E-state index is 0.0386. The molecule has 0 fully saturated rings. The van der Waals surface area contributed by atoms with Gasteiger partial charge in [-0.05, 0) is 36.2 Å². The molecule has 1 atom stereocenters. The lowest BCUT2D eigenvalue weighted by atomic mass is 10.1. The highest BCUT2D eigenvalue weighted by Crippen LogP contribution is 2.30. The fourth-order valence-corrected chi connectivity index (χ4v) is 4.29. The molecule has 0 unspecified atom stereocenters. The van der Waals surface area contributed by atoms with Crippen molar-refractivity contribution in [3.05, 3.63) is 54.1 Å². The number of ether oxygens (including phenoxy) is 3. The number of esters is 1. The third-order valence-corrected chi connectivity index (χ3v) is 6.13. The molecule has 1 N–H and O–H groups in total. The summed E-state index contributed by atoms with van der Waals surface area (Å²) in [6.07, 6.45) is 0.741. The summed E-state index contributed by atoms with van der Waals surface area (Å²) in [7, 11) is -3.92. The topological polar surface area (TPSA) is 108 Å². The molecule has 1 heterocycles. The van der Waals surface area contributed by atoms with Crippen molar-refractivity contribution in [3.8, 4) is 11.5 Å². The minimum atomic E-state index is -3.92.